The molecule has 2 amide bonds. The summed E-state index contributed by atoms with van der Waals surface area (Å²) in [7, 11) is 0. The van der Waals surface area contributed by atoms with Gasteiger partial charge >= 0.3 is 5.97 Å². The molecule has 0 bridgehead atoms. The van der Waals surface area contributed by atoms with Gasteiger partial charge in [0, 0.05) is 18.7 Å². The monoisotopic (exact) mass is 276 g/mol. The van der Waals surface area contributed by atoms with Crippen molar-refractivity contribution in [1.82, 2.24) is 5.32 Å². The zero-order chi connectivity index (χ0) is 14.5. The molecule has 1 unspecified atom stereocenters. The summed E-state index contributed by atoms with van der Waals surface area (Å²) in [4.78, 5) is 35.7. The van der Waals surface area contributed by atoms with Crippen molar-refractivity contribution in [3.05, 3.63) is 30.3 Å². The first-order valence-electron chi connectivity index (χ1n) is 6.45. The van der Waals surface area contributed by atoms with Crippen molar-refractivity contribution >= 4 is 23.5 Å². The number of hydrogen-bond acceptors (Lipinski definition) is 3. The van der Waals surface area contributed by atoms with E-state index in [0.717, 1.165) is 5.69 Å². The maximum Gasteiger partial charge on any atom is 0.303 e. The van der Waals surface area contributed by atoms with Crippen molar-refractivity contribution in [2.45, 2.75) is 25.3 Å². The van der Waals surface area contributed by atoms with E-state index in [0.29, 0.717) is 13.0 Å². The van der Waals surface area contributed by atoms with Crippen molar-refractivity contribution < 1.29 is 19.5 Å². The van der Waals surface area contributed by atoms with Crippen molar-refractivity contribution in [3.8, 4) is 0 Å². The van der Waals surface area contributed by atoms with Crippen LogP contribution < -0.4 is 10.2 Å². The minimum Gasteiger partial charge on any atom is -0.481 e. The lowest BCUT2D eigenvalue weighted by molar-refractivity contribution is -0.139. The third kappa shape index (κ3) is 3.34. The fraction of sp³-hybridized carbons (Fsp3) is 0.357. The molecule has 1 atom stereocenters. The van der Waals surface area contributed by atoms with Crippen LogP contribution in [0.15, 0.2) is 30.3 Å². The third-order valence-corrected chi connectivity index (χ3v) is 3.17. The van der Waals surface area contributed by atoms with E-state index in [1.807, 2.05) is 30.3 Å². The van der Waals surface area contributed by atoms with E-state index in [1.165, 1.54) is 0 Å². The SMILES string of the molecule is O=C(O)CCC(=O)NC1CCN(c2ccccc2)C1=O. The van der Waals surface area contributed by atoms with Crippen molar-refractivity contribution in [2.75, 3.05) is 11.4 Å². The summed E-state index contributed by atoms with van der Waals surface area (Å²) in [6.45, 7) is 0.548. The highest BCUT2D eigenvalue weighted by Gasteiger charge is 2.33. The van der Waals surface area contributed by atoms with E-state index in [9.17, 15) is 14.4 Å². The lowest BCUT2D eigenvalue weighted by atomic mass is 10.2. The molecule has 1 aromatic carbocycles. The van der Waals surface area contributed by atoms with Crippen LogP contribution in [0.25, 0.3) is 0 Å². The molecule has 1 aromatic rings. The minimum absolute atomic E-state index is 0.107. The Bertz CT molecular complexity index is 515. The number of anilines is 1. The van der Waals surface area contributed by atoms with Gasteiger partial charge in [0.1, 0.15) is 6.04 Å². The summed E-state index contributed by atoms with van der Waals surface area (Å²) in [6, 6.07) is 8.69. The van der Waals surface area contributed by atoms with Crippen LogP contribution in [0, 0.1) is 0 Å². The highest BCUT2D eigenvalue weighted by Crippen LogP contribution is 2.21. The van der Waals surface area contributed by atoms with Crippen LogP contribution in [0.2, 0.25) is 0 Å². The molecule has 2 rings (SSSR count). The first-order chi connectivity index (χ1) is 9.58. The molecule has 0 aliphatic carbocycles. The lowest BCUT2D eigenvalue weighted by Gasteiger charge is -2.17. The van der Waals surface area contributed by atoms with Crippen LogP contribution in [-0.2, 0) is 14.4 Å². The number of nitrogens with one attached hydrogen (secondary N) is 1. The zero-order valence-corrected chi connectivity index (χ0v) is 10.9. The molecule has 1 heterocycles. The third-order valence-electron chi connectivity index (χ3n) is 3.17. The van der Waals surface area contributed by atoms with E-state index in [4.69, 9.17) is 5.11 Å². The number of rotatable bonds is 5. The Labute approximate surface area is 116 Å². The van der Waals surface area contributed by atoms with Crippen LogP contribution in [0.1, 0.15) is 19.3 Å². The summed E-state index contributed by atoms with van der Waals surface area (Å²) < 4.78 is 0. The quantitative estimate of drug-likeness (QED) is 0.831. The predicted molar refractivity (Wildman–Crippen MR) is 72.2 cm³/mol. The van der Waals surface area contributed by atoms with Crippen LogP contribution >= 0.6 is 0 Å². The lowest BCUT2D eigenvalue weighted by Crippen LogP contribution is -2.41. The van der Waals surface area contributed by atoms with Gasteiger partial charge in [-0.3, -0.25) is 14.4 Å². The van der Waals surface area contributed by atoms with Crippen molar-refractivity contribution in [3.63, 3.8) is 0 Å². The average molecular weight is 276 g/mol. The number of aliphatic carboxylic acids is 1. The van der Waals surface area contributed by atoms with E-state index in [-0.39, 0.29) is 18.7 Å². The Kier molecular flexibility index (Phi) is 4.34. The van der Waals surface area contributed by atoms with Crippen LogP contribution in [0.5, 0.6) is 0 Å². The summed E-state index contributed by atoms with van der Waals surface area (Å²) >= 11 is 0. The molecule has 0 aromatic heterocycles. The Morgan fingerprint density at radius 2 is 1.95 bits per heavy atom. The molecule has 6 heteroatoms. The number of hydrogen-bond donors (Lipinski definition) is 2. The molecule has 2 N–H and O–H groups in total. The highest BCUT2D eigenvalue weighted by molar-refractivity contribution is 6.01. The van der Waals surface area contributed by atoms with E-state index in [1.54, 1.807) is 4.90 Å². The predicted octanol–water partition coefficient (Wildman–Crippen LogP) is 0.773. The van der Waals surface area contributed by atoms with Crippen molar-refractivity contribution in [2.24, 2.45) is 0 Å². The number of carboxylic acid groups (broad SMARTS) is 1. The van der Waals surface area contributed by atoms with E-state index in [2.05, 4.69) is 5.32 Å². The normalized spacial score (nSPS) is 18.1. The number of carbonyl (C=O) groups is 3. The Balaban J connectivity index is 1.91. The van der Waals surface area contributed by atoms with Crippen molar-refractivity contribution in [1.29, 1.82) is 0 Å². The molecule has 0 radical (unpaired) electrons. The first kappa shape index (κ1) is 14.0. The summed E-state index contributed by atoms with van der Waals surface area (Å²) in [5.74, 6) is -1.58. The topological polar surface area (TPSA) is 86.7 Å². The molecule has 20 heavy (non-hydrogen) atoms. The second-order valence-corrected chi connectivity index (χ2v) is 4.63. The van der Waals surface area contributed by atoms with Crippen LogP contribution in [0.3, 0.4) is 0 Å². The molecule has 1 saturated heterocycles. The first-order valence-corrected chi connectivity index (χ1v) is 6.45. The molecule has 0 saturated carbocycles. The summed E-state index contributed by atoms with van der Waals surface area (Å²) in [5, 5.41) is 11.1. The van der Waals surface area contributed by atoms with E-state index >= 15 is 0 Å². The molecular weight excluding hydrogens is 260 g/mol. The Hall–Kier alpha value is -2.37. The van der Waals surface area contributed by atoms with Gasteiger partial charge in [0.15, 0.2) is 0 Å². The smallest absolute Gasteiger partial charge is 0.303 e. The maximum absolute atomic E-state index is 12.2. The average Bonchev–Trinajstić information content (AvgIpc) is 2.79. The second-order valence-electron chi connectivity index (χ2n) is 4.63. The van der Waals surface area contributed by atoms with Gasteiger partial charge in [0.25, 0.3) is 0 Å². The zero-order valence-electron chi connectivity index (χ0n) is 10.9. The van der Waals surface area contributed by atoms with E-state index < -0.39 is 17.9 Å². The van der Waals surface area contributed by atoms with Crippen LogP contribution in [0.4, 0.5) is 5.69 Å². The molecule has 0 spiro atoms. The number of carbonyl (C=O) groups excluding carboxylic acids is 2. The largest absolute Gasteiger partial charge is 0.481 e. The Morgan fingerprint density at radius 3 is 2.60 bits per heavy atom. The van der Waals surface area contributed by atoms with Gasteiger partial charge in [-0.2, -0.15) is 0 Å². The number of nitrogens with zero attached hydrogens (tertiary/aromatic N) is 1. The fourth-order valence-electron chi connectivity index (χ4n) is 2.17. The fourth-order valence-corrected chi connectivity index (χ4v) is 2.17. The van der Waals surface area contributed by atoms with Gasteiger partial charge in [0.2, 0.25) is 11.8 Å². The second kappa shape index (κ2) is 6.18. The molecular formula is C14H16N2O4. The maximum atomic E-state index is 12.2. The number of carboxylic acids is 1. The molecule has 106 valence electrons. The summed E-state index contributed by atoms with van der Waals surface area (Å²) in [6.07, 6.45) is 0.201. The number of amides is 2. The Morgan fingerprint density at radius 1 is 1.25 bits per heavy atom. The van der Waals surface area contributed by atoms with Gasteiger partial charge in [-0.05, 0) is 18.6 Å². The summed E-state index contributed by atoms with van der Waals surface area (Å²) in [5.41, 5.74) is 0.805. The molecule has 1 fully saturated rings. The number of para-hydroxylation sites is 1. The highest BCUT2D eigenvalue weighted by atomic mass is 16.4. The van der Waals surface area contributed by atoms with Gasteiger partial charge in [-0.25, -0.2) is 0 Å². The number of benzene rings is 1. The minimum atomic E-state index is -1.02. The van der Waals surface area contributed by atoms with Gasteiger partial charge in [0.05, 0.1) is 6.42 Å². The molecule has 1 aliphatic rings. The van der Waals surface area contributed by atoms with Gasteiger partial charge in [-0.15, -0.1) is 0 Å². The van der Waals surface area contributed by atoms with Gasteiger partial charge in [-0.1, -0.05) is 18.2 Å². The molecule has 1 aliphatic heterocycles. The van der Waals surface area contributed by atoms with Gasteiger partial charge < -0.3 is 15.3 Å². The standard InChI is InChI=1S/C14H16N2O4/c17-12(6-7-13(18)19)15-11-8-9-16(14(11)20)10-4-2-1-3-5-10/h1-5,11H,6-9H2,(H,15,17)(H,18,19). The van der Waals surface area contributed by atoms with Crippen LogP contribution in [-0.4, -0.2) is 35.5 Å². The molecule has 6 nitrogen and oxygen atoms in total.